The number of aromatic nitrogens is 3. The number of hydrogen-bond donors (Lipinski definition) is 0. The molecule has 0 amide bonds. The highest BCUT2D eigenvalue weighted by Crippen LogP contribution is 2.44. The molecule has 0 fully saturated rings. The van der Waals surface area contributed by atoms with Gasteiger partial charge in [-0.2, -0.15) is 0 Å². The molecule has 150 valence electrons. The number of thioether (sulfide) groups is 1. The molecule has 30 heavy (non-hydrogen) atoms. The average Bonchev–Trinajstić information content (AvgIpc) is 2.75. The molecule has 4 rings (SSSR count). The van der Waals surface area contributed by atoms with Gasteiger partial charge in [-0.05, 0) is 42.2 Å². The minimum absolute atomic E-state index is 0.107. The standard InChI is InChI=1S/C22H13Cl3FN3S/c1-30-14-8-6-12(7-9-14)18-19(21-16(24)10-13(23)11-27-21)22(25)29-28-20(18)15-4-2-3-5-17(15)26/h2-11H,1H3. The predicted octanol–water partition coefficient (Wildman–Crippen LogP) is 7.69. The van der Waals surface area contributed by atoms with Crippen LogP contribution in [0.4, 0.5) is 4.39 Å². The van der Waals surface area contributed by atoms with Crippen molar-refractivity contribution in [1.82, 2.24) is 15.2 Å². The summed E-state index contributed by atoms with van der Waals surface area (Å²) in [5.74, 6) is -0.419. The molecular formula is C22H13Cl3FN3S. The monoisotopic (exact) mass is 475 g/mol. The molecule has 0 aliphatic rings. The normalized spacial score (nSPS) is 11.0. The Labute approximate surface area is 192 Å². The van der Waals surface area contributed by atoms with Crippen molar-refractivity contribution in [3.8, 4) is 33.6 Å². The van der Waals surface area contributed by atoms with Crippen LogP contribution in [0, 0.1) is 5.82 Å². The van der Waals surface area contributed by atoms with Crippen molar-refractivity contribution >= 4 is 46.6 Å². The summed E-state index contributed by atoms with van der Waals surface area (Å²) in [6.07, 6.45) is 3.47. The molecule has 4 aromatic rings. The van der Waals surface area contributed by atoms with Crippen LogP contribution in [0.5, 0.6) is 0 Å². The van der Waals surface area contributed by atoms with Gasteiger partial charge in [0.15, 0.2) is 5.15 Å². The average molecular weight is 477 g/mol. The third kappa shape index (κ3) is 4.03. The van der Waals surface area contributed by atoms with Crippen molar-refractivity contribution in [3.05, 3.63) is 81.8 Å². The molecule has 0 radical (unpaired) electrons. The quantitative estimate of drug-likeness (QED) is 0.283. The molecular weight excluding hydrogens is 464 g/mol. The first kappa shape index (κ1) is 21.1. The van der Waals surface area contributed by atoms with Crippen molar-refractivity contribution in [2.75, 3.05) is 6.26 Å². The van der Waals surface area contributed by atoms with E-state index in [-0.39, 0.29) is 5.15 Å². The van der Waals surface area contributed by atoms with Crippen molar-refractivity contribution in [1.29, 1.82) is 0 Å². The van der Waals surface area contributed by atoms with Gasteiger partial charge in [-0.3, -0.25) is 4.98 Å². The van der Waals surface area contributed by atoms with E-state index in [1.807, 2.05) is 30.5 Å². The second-order valence-electron chi connectivity index (χ2n) is 6.28. The Balaban J connectivity index is 2.09. The lowest BCUT2D eigenvalue weighted by atomic mass is 9.94. The highest BCUT2D eigenvalue weighted by molar-refractivity contribution is 7.98. The van der Waals surface area contributed by atoms with Crippen LogP contribution in [-0.2, 0) is 0 Å². The smallest absolute Gasteiger partial charge is 0.161 e. The lowest BCUT2D eigenvalue weighted by molar-refractivity contribution is 0.630. The van der Waals surface area contributed by atoms with Crippen molar-refractivity contribution in [3.63, 3.8) is 0 Å². The molecule has 0 atom stereocenters. The third-order valence-electron chi connectivity index (χ3n) is 4.48. The molecule has 0 spiro atoms. The Morgan fingerprint density at radius 2 is 1.60 bits per heavy atom. The molecule has 0 N–H and O–H groups in total. The molecule has 0 aliphatic carbocycles. The molecule has 2 heterocycles. The second kappa shape index (κ2) is 8.90. The maximum absolute atomic E-state index is 14.7. The summed E-state index contributed by atoms with van der Waals surface area (Å²) in [6, 6.07) is 15.8. The van der Waals surface area contributed by atoms with E-state index in [4.69, 9.17) is 34.8 Å². The van der Waals surface area contributed by atoms with Gasteiger partial charge in [0, 0.05) is 22.2 Å². The number of nitrogens with zero attached hydrogens (tertiary/aromatic N) is 3. The summed E-state index contributed by atoms with van der Waals surface area (Å²) in [6.45, 7) is 0. The fourth-order valence-electron chi connectivity index (χ4n) is 3.11. The number of hydrogen-bond acceptors (Lipinski definition) is 4. The number of halogens is 4. The highest BCUT2D eigenvalue weighted by Gasteiger charge is 2.24. The zero-order valence-corrected chi connectivity index (χ0v) is 18.6. The summed E-state index contributed by atoms with van der Waals surface area (Å²) in [7, 11) is 0. The van der Waals surface area contributed by atoms with E-state index in [1.54, 1.807) is 36.0 Å². The van der Waals surface area contributed by atoms with Gasteiger partial charge in [-0.15, -0.1) is 22.0 Å². The van der Waals surface area contributed by atoms with Gasteiger partial charge in [0.2, 0.25) is 0 Å². The zero-order valence-electron chi connectivity index (χ0n) is 15.5. The maximum Gasteiger partial charge on any atom is 0.161 e. The first-order chi connectivity index (χ1) is 14.5. The first-order valence-electron chi connectivity index (χ1n) is 8.76. The van der Waals surface area contributed by atoms with Crippen LogP contribution in [0.25, 0.3) is 33.6 Å². The van der Waals surface area contributed by atoms with E-state index in [0.29, 0.717) is 38.1 Å². The van der Waals surface area contributed by atoms with Gasteiger partial charge in [0.1, 0.15) is 11.5 Å². The van der Waals surface area contributed by atoms with Crippen molar-refractivity contribution < 1.29 is 4.39 Å². The fraction of sp³-hybridized carbons (Fsp3) is 0.0455. The van der Waals surface area contributed by atoms with E-state index in [9.17, 15) is 4.39 Å². The topological polar surface area (TPSA) is 38.7 Å². The predicted molar refractivity (Wildman–Crippen MR) is 123 cm³/mol. The highest BCUT2D eigenvalue weighted by atomic mass is 35.5. The summed E-state index contributed by atoms with van der Waals surface area (Å²) in [5, 5.41) is 9.11. The first-order valence-corrected chi connectivity index (χ1v) is 11.1. The van der Waals surface area contributed by atoms with E-state index in [1.165, 1.54) is 12.3 Å². The molecule has 0 saturated carbocycles. The Bertz CT molecular complexity index is 1230. The number of pyridine rings is 1. The van der Waals surface area contributed by atoms with Crippen LogP contribution in [0.15, 0.2) is 65.7 Å². The van der Waals surface area contributed by atoms with E-state index >= 15 is 0 Å². The zero-order chi connectivity index (χ0) is 21.3. The van der Waals surface area contributed by atoms with Gasteiger partial charge in [0.25, 0.3) is 0 Å². The van der Waals surface area contributed by atoms with Gasteiger partial charge in [-0.1, -0.05) is 59.1 Å². The van der Waals surface area contributed by atoms with E-state index in [2.05, 4.69) is 15.2 Å². The van der Waals surface area contributed by atoms with Gasteiger partial charge >= 0.3 is 0 Å². The largest absolute Gasteiger partial charge is 0.253 e. The van der Waals surface area contributed by atoms with Crippen LogP contribution in [0.3, 0.4) is 0 Å². The molecule has 2 aromatic carbocycles. The Morgan fingerprint density at radius 3 is 2.27 bits per heavy atom. The maximum atomic E-state index is 14.7. The van der Waals surface area contributed by atoms with Crippen LogP contribution in [0.2, 0.25) is 15.2 Å². The molecule has 0 aliphatic heterocycles. The Morgan fingerprint density at radius 1 is 0.867 bits per heavy atom. The number of rotatable bonds is 4. The van der Waals surface area contributed by atoms with Crippen molar-refractivity contribution in [2.24, 2.45) is 0 Å². The number of benzene rings is 2. The molecule has 3 nitrogen and oxygen atoms in total. The second-order valence-corrected chi connectivity index (χ2v) is 8.36. The Kier molecular flexibility index (Phi) is 6.25. The summed E-state index contributed by atoms with van der Waals surface area (Å²) in [5.41, 5.74) is 2.87. The van der Waals surface area contributed by atoms with Crippen LogP contribution in [0.1, 0.15) is 0 Å². The Hall–Kier alpha value is -2.18. The third-order valence-corrected chi connectivity index (χ3v) is 5.99. The molecule has 0 bridgehead atoms. The lowest BCUT2D eigenvalue weighted by Gasteiger charge is -2.16. The van der Waals surface area contributed by atoms with Gasteiger partial charge in [-0.25, -0.2) is 4.39 Å². The SMILES string of the molecule is CSc1ccc(-c2c(-c3ccccc3F)nnc(Cl)c2-c2ncc(Cl)cc2Cl)cc1. The molecule has 2 aromatic heterocycles. The minimum Gasteiger partial charge on any atom is -0.253 e. The van der Waals surface area contributed by atoms with Crippen LogP contribution < -0.4 is 0 Å². The summed E-state index contributed by atoms with van der Waals surface area (Å²) >= 11 is 20.6. The fourth-order valence-corrected chi connectivity index (χ4v) is 4.22. The van der Waals surface area contributed by atoms with Crippen LogP contribution >= 0.6 is 46.6 Å². The van der Waals surface area contributed by atoms with Gasteiger partial charge < -0.3 is 0 Å². The van der Waals surface area contributed by atoms with Crippen molar-refractivity contribution in [2.45, 2.75) is 4.90 Å². The molecule has 0 saturated heterocycles. The molecule has 8 heteroatoms. The van der Waals surface area contributed by atoms with Crippen LogP contribution in [-0.4, -0.2) is 21.4 Å². The molecule has 0 unspecified atom stereocenters. The minimum atomic E-state index is -0.419. The summed E-state index contributed by atoms with van der Waals surface area (Å²) < 4.78 is 14.7. The van der Waals surface area contributed by atoms with Gasteiger partial charge in [0.05, 0.1) is 21.3 Å². The lowest BCUT2D eigenvalue weighted by Crippen LogP contribution is -2.01. The summed E-state index contributed by atoms with van der Waals surface area (Å²) in [4.78, 5) is 5.46. The van der Waals surface area contributed by atoms with E-state index in [0.717, 1.165) is 10.5 Å². The van der Waals surface area contributed by atoms with E-state index < -0.39 is 5.82 Å².